The highest BCUT2D eigenvalue weighted by molar-refractivity contribution is 6.25. The van der Waals surface area contributed by atoms with Crippen LogP contribution in [-0.2, 0) is 9.31 Å². The van der Waals surface area contributed by atoms with Crippen molar-refractivity contribution in [2.45, 2.75) is 0 Å². The van der Waals surface area contributed by atoms with E-state index in [0.29, 0.717) is 0 Å². The summed E-state index contributed by atoms with van der Waals surface area (Å²) in [7, 11) is 0.174. The van der Waals surface area contributed by atoms with Crippen LogP contribution in [0.15, 0.2) is 0 Å². The summed E-state index contributed by atoms with van der Waals surface area (Å²) >= 11 is 10.2. The van der Waals surface area contributed by atoms with Gasteiger partial charge in [-0.3, -0.25) is 0 Å². The molecule has 0 spiro atoms. The van der Waals surface area contributed by atoms with Crippen molar-refractivity contribution < 1.29 is 9.31 Å². The molecule has 0 amide bonds. The van der Waals surface area contributed by atoms with Crippen LogP contribution in [0, 0.1) is 0 Å². The summed E-state index contributed by atoms with van der Waals surface area (Å²) < 4.78 is 9.07. The Morgan fingerprint density at radius 2 is 1.57 bits per heavy atom. The van der Waals surface area contributed by atoms with Crippen molar-refractivity contribution in [1.29, 1.82) is 0 Å². The number of rotatable bonds is 4. The summed E-state index contributed by atoms with van der Waals surface area (Å²) in [6.07, 6.45) is 0. The first-order valence-electron chi connectivity index (χ1n) is 1.69. The molecular formula is C2H5BCl2O2. The molecule has 0 saturated heterocycles. The third-order valence-electron chi connectivity index (χ3n) is 0.321. The maximum atomic E-state index is 5.09. The topological polar surface area (TPSA) is 18.5 Å². The highest BCUT2D eigenvalue weighted by Crippen LogP contribution is 1.79. The van der Waals surface area contributed by atoms with Crippen LogP contribution < -0.4 is 0 Å². The van der Waals surface area contributed by atoms with Crippen LogP contribution in [-0.4, -0.2) is 19.8 Å². The molecule has 0 aliphatic heterocycles. The van der Waals surface area contributed by atoms with E-state index in [1.165, 1.54) is 0 Å². The molecule has 7 heavy (non-hydrogen) atoms. The van der Waals surface area contributed by atoms with E-state index in [-0.39, 0.29) is 19.8 Å². The summed E-state index contributed by atoms with van der Waals surface area (Å²) in [5, 5.41) is 0. The van der Waals surface area contributed by atoms with Crippen LogP contribution in [0.5, 0.6) is 0 Å². The van der Waals surface area contributed by atoms with Crippen molar-refractivity contribution in [3.63, 3.8) is 0 Å². The van der Waals surface area contributed by atoms with Gasteiger partial charge in [0.2, 0.25) is 0 Å². The van der Waals surface area contributed by atoms with Crippen LogP contribution in [0.3, 0.4) is 0 Å². The molecule has 0 aromatic carbocycles. The first kappa shape index (κ1) is 7.56. The van der Waals surface area contributed by atoms with Gasteiger partial charge in [0.15, 0.2) is 0 Å². The van der Waals surface area contributed by atoms with Gasteiger partial charge in [0.25, 0.3) is 0 Å². The molecule has 0 aromatic heterocycles. The lowest BCUT2D eigenvalue weighted by Crippen LogP contribution is -2.00. The second-order valence-electron chi connectivity index (χ2n) is 0.744. The average molecular weight is 143 g/mol. The Labute approximate surface area is 53.0 Å². The van der Waals surface area contributed by atoms with Crippen molar-refractivity contribution in [2.75, 3.05) is 12.1 Å². The van der Waals surface area contributed by atoms with Gasteiger partial charge in [0.1, 0.15) is 12.1 Å². The third kappa shape index (κ3) is 6.56. The smallest absolute Gasteiger partial charge is 0.400 e. The molecule has 0 unspecified atom stereocenters. The van der Waals surface area contributed by atoms with Crippen molar-refractivity contribution in [2.24, 2.45) is 0 Å². The minimum Gasteiger partial charge on any atom is -0.400 e. The van der Waals surface area contributed by atoms with Crippen LogP contribution in [0.1, 0.15) is 0 Å². The van der Waals surface area contributed by atoms with E-state index in [2.05, 4.69) is 9.31 Å². The quantitative estimate of drug-likeness (QED) is 0.327. The van der Waals surface area contributed by atoms with Crippen molar-refractivity contribution in [3.05, 3.63) is 0 Å². The van der Waals surface area contributed by atoms with E-state index in [4.69, 9.17) is 23.2 Å². The van der Waals surface area contributed by atoms with Gasteiger partial charge >= 0.3 is 7.69 Å². The summed E-state index contributed by atoms with van der Waals surface area (Å²) in [6.45, 7) is 0. The fourth-order valence-corrected chi connectivity index (χ4v) is 0.248. The molecule has 0 heterocycles. The van der Waals surface area contributed by atoms with Gasteiger partial charge in [-0.2, -0.15) is 0 Å². The lowest BCUT2D eigenvalue weighted by atomic mass is 10.4. The standard InChI is InChI=1S/C2H5BCl2O2/c4-1-6-3-7-2-5/h3H,1-2H2. The molecule has 0 saturated carbocycles. The third-order valence-corrected chi connectivity index (χ3v) is 0.630. The van der Waals surface area contributed by atoms with E-state index >= 15 is 0 Å². The number of hydrogen-bond donors (Lipinski definition) is 0. The Balaban J connectivity index is 2.45. The van der Waals surface area contributed by atoms with E-state index in [0.717, 1.165) is 0 Å². The van der Waals surface area contributed by atoms with Gasteiger partial charge in [-0.1, -0.05) is 23.2 Å². The normalized spacial score (nSPS) is 8.86. The summed E-state index contributed by atoms with van der Waals surface area (Å²) in [4.78, 5) is 0. The summed E-state index contributed by atoms with van der Waals surface area (Å²) in [6, 6.07) is 0.299. The van der Waals surface area contributed by atoms with E-state index in [1.807, 2.05) is 0 Å². The minimum absolute atomic E-state index is 0.150. The van der Waals surface area contributed by atoms with Crippen molar-refractivity contribution in [1.82, 2.24) is 0 Å². The maximum absolute atomic E-state index is 5.09. The Morgan fingerprint density at radius 3 is 1.86 bits per heavy atom. The van der Waals surface area contributed by atoms with E-state index < -0.39 is 0 Å². The maximum Gasteiger partial charge on any atom is 0.439 e. The van der Waals surface area contributed by atoms with Crippen molar-refractivity contribution >= 4 is 30.9 Å². The molecule has 0 aliphatic rings. The lowest BCUT2D eigenvalue weighted by Gasteiger charge is -1.92. The Kier molecular flexibility index (Phi) is 7.09. The Morgan fingerprint density at radius 1 is 1.14 bits per heavy atom. The molecule has 0 rings (SSSR count). The Hall–Kier alpha value is 0.565. The second-order valence-corrected chi connectivity index (χ2v) is 1.18. The van der Waals surface area contributed by atoms with E-state index in [9.17, 15) is 0 Å². The molecule has 0 fully saturated rings. The molecule has 0 N–H and O–H groups in total. The van der Waals surface area contributed by atoms with Gasteiger partial charge in [-0.25, -0.2) is 0 Å². The number of alkyl halides is 2. The summed E-state index contributed by atoms with van der Waals surface area (Å²) in [5.74, 6) is 0. The van der Waals surface area contributed by atoms with E-state index in [1.54, 1.807) is 0 Å². The van der Waals surface area contributed by atoms with Gasteiger partial charge < -0.3 is 9.31 Å². The molecule has 0 atom stereocenters. The zero-order valence-electron chi connectivity index (χ0n) is 3.69. The molecule has 0 aromatic rings. The van der Waals surface area contributed by atoms with Crippen LogP contribution in [0.2, 0.25) is 0 Å². The Bertz CT molecular complexity index is 32.9. The number of halogens is 2. The molecule has 5 heteroatoms. The first-order valence-corrected chi connectivity index (χ1v) is 2.76. The predicted molar refractivity (Wildman–Crippen MR) is 30.8 cm³/mol. The molecule has 2 nitrogen and oxygen atoms in total. The second kappa shape index (κ2) is 6.56. The van der Waals surface area contributed by atoms with Gasteiger partial charge in [-0.15, -0.1) is 0 Å². The van der Waals surface area contributed by atoms with Gasteiger partial charge in [0.05, 0.1) is 0 Å². The van der Waals surface area contributed by atoms with Crippen LogP contribution in [0.25, 0.3) is 0 Å². The van der Waals surface area contributed by atoms with Gasteiger partial charge in [-0.05, 0) is 0 Å². The molecule has 0 radical (unpaired) electrons. The highest BCUT2D eigenvalue weighted by Gasteiger charge is 1.85. The fraction of sp³-hybridized carbons (Fsp3) is 1.00. The molecular weight excluding hydrogens is 138 g/mol. The fourth-order valence-electron chi connectivity index (χ4n) is 0.122. The number of hydrogen-bond acceptors (Lipinski definition) is 2. The van der Waals surface area contributed by atoms with Crippen LogP contribution >= 0.6 is 23.2 Å². The monoisotopic (exact) mass is 142 g/mol. The molecule has 0 aliphatic carbocycles. The van der Waals surface area contributed by atoms with Crippen molar-refractivity contribution in [3.8, 4) is 0 Å². The van der Waals surface area contributed by atoms with Crippen LogP contribution in [0.4, 0.5) is 0 Å². The average Bonchev–Trinajstić information content (AvgIpc) is 1.69. The SMILES string of the molecule is ClCOBOCCl. The van der Waals surface area contributed by atoms with Gasteiger partial charge in [0, 0.05) is 0 Å². The zero-order valence-corrected chi connectivity index (χ0v) is 5.21. The molecule has 0 bridgehead atoms. The zero-order chi connectivity index (χ0) is 5.54. The minimum atomic E-state index is 0.150. The largest absolute Gasteiger partial charge is 0.439 e. The lowest BCUT2D eigenvalue weighted by molar-refractivity contribution is 0.284. The highest BCUT2D eigenvalue weighted by atomic mass is 35.5. The molecule has 42 valence electrons. The summed E-state index contributed by atoms with van der Waals surface area (Å²) in [5.41, 5.74) is 0. The first-order chi connectivity index (χ1) is 3.41. The predicted octanol–water partition coefficient (Wildman–Crippen LogP) is 0.679.